The molecule has 0 spiro atoms. The predicted octanol–water partition coefficient (Wildman–Crippen LogP) is 2.23. The van der Waals surface area contributed by atoms with E-state index in [1.165, 1.54) is 0 Å². The average Bonchev–Trinajstić information content (AvgIpc) is 1.80. The highest BCUT2D eigenvalue weighted by molar-refractivity contribution is 6.31. The van der Waals surface area contributed by atoms with Gasteiger partial charge in [0.25, 0.3) is 0 Å². The van der Waals surface area contributed by atoms with Gasteiger partial charge in [0, 0.05) is 11.9 Å². The molecule has 1 radical (unpaired) electrons. The Morgan fingerprint density at radius 1 is 1.67 bits per heavy atom. The third-order valence-electron chi connectivity index (χ3n) is 1.07. The molecular weight excluding hydrogens is 134 g/mol. The fraction of sp³-hybridized carbons (Fsp3) is 0.143. The van der Waals surface area contributed by atoms with E-state index in [4.69, 9.17) is 11.6 Å². The second kappa shape index (κ2) is 2.36. The van der Waals surface area contributed by atoms with Crippen LogP contribution in [-0.2, 0) is 0 Å². The molecule has 1 heterocycles. The van der Waals surface area contributed by atoms with Gasteiger partial charge in [0.05, 0.1) is 5.02 Å². The summed E-state index contributed by atoms with van der Waals surface area (Å²) in [7, 11) is 0. The fourth-order valence-corrected chi connectivity index (χ4v) is 0.703. The number of hydrogen-bond acceptors (Lipinski definition) is 1. The van der Waals surface area contributed by atoms with Gasteiger partial charge < -0.3 is 0 Å². The molecule has 0 aliphatic carbocycles. The standard InChI is InChI=1S/C7H7ClN/c1-5-3-6(2)9-4-7(5)8/h3-4H,1H2,2H3. The van der Waals surface area contributed by atoms with Crippen molar-refractivity contribution in [3.05, 3.63) is 35.5 Å². The van der Waals surface area contributed by atoms with Gasteiger partial charge >= 0.3 is 0 Å². The number of rotatable bonds is 0. The molecule has 0 unspecified atom stereocenters. The molecule has 0 aliphatic heterocycles. The quantitative estimate of drug-likeness (QED) is 0.539. The van der Waals surface area contributed by atoms with E-state index in [1.54, 1.807) is 6.20 Å². The smallest absolute Gasteiger partial charge is 0.0621 e. The zero-order chi connectivity index (χ0) is 6.85. The average molecular weight is 141 g/mol. The first-order valence-electron chi connectivity index (χ1n) is 2.64. The Hall–Kier alpha value is -0.560. The van der Waals surface area contributed by atoms with E-state index >= 15 is 0 Å². The largest absolute Gasteiger partial charge is 0.260 e. The molecule has 0 amide bonds. The van der Waals surface area contributed by atoms with Gasteiger partial charge in [-0.15, -0.1) is 0 Å². The Bertz CT molecular complexity index is 220. The number of aromatic nitrogens is 1. The number of nitrogens with zero attached hydrogens (tertiary/aromatic N) is 1. The minimum atomic E-state index is 0.626. The first-order valence-corrected chi connectivity index (χ1v) is 3.02. The summed E-state index contributed by atoms with van der Waals surface area (Å²) in [5.41, 5.74) is 1.79. The van der Waals surface area contributed by atoms with Crippen LogP contribution < -0.4 is 0 Å². The molecule has 1 aromatic rings. The van der Waals surface area contributed by atoms with Crippen molar-refractivity contribution >= 4 is 11.6 Å². The minimum Gasteiger partial charge on any atom is -0.260 e. The molecule has 1 aromatic heterocycles. The lowest BCUT2D eigenvalue weighted by Gasteiger charge is -1.95. The topological polar surface area (TPSA) is 12.9 Å². The first-order chi connectivity index (χ1) is 4.20. The van der Waals surface area contributed by atoms with Crippen molar-refractivity contribution in [3.63, 3.8) is 0 Å². The van der Waals surface area contributed by atoms with Crippen LogP contribution in [0.5, 0.6) is 0 Å². The van der Waals surface area contributed by atoms with Gasteiger partial charge in [-0.05, 0) is 25.5 Å². The lowest BCUT2D eigenvalue weighted by Crippen LogP contribution is -1.81. The number of hydrogen-bond donors (Lipinski definition) is 0. The second-order valence-corrected chi connectivity index (χ2v) is 2.32. The fourth-order valence-electron chi connectivity index (χ4n) is 0.600. The molecule has 0 atom stereocenters. The Balaban J connectivity index is 3.17. The Kier molecular flexibility index (Phi) is 1.72. The molecule has 0 aromatic carbocycles. The molecule has 0 N–H and O–H groups in total. The summed E-state index contributed by atoms with van der Waals surface area (Å²) in [4.78, 5) is 3.97. The third-order valence-corrected chi connectivity index (χ3v) is 1.41. The molecule has 0 bridgehead atoms. The minimum absolute atomic E-state index is 0.626. The zero-order valence-corrected chi connectivity index (χ0v) is 5.94. The van der Waals surface area contributed by atoms with E-state index in [0.717, 1.165) is 11.3 Å². The van der Waals surface area contributed by atoms with Crippen LogP contribution in [0.4, 0.5) is 0 Å². The summed E-state index contributed by atoms with van der Waals surface area (Å²) in [5, 5.41) is 0.626. The van der Waals surface area contributed by atoms with E-state index < -0.39 is 0 Å². The van der Waals surface area contributed by atoms with Gasteiger partial charge in [-0.25, -0.2) is 0 Å². The highest BCUT2D eigenvalue weighted by Crippen LogP contribution is 2.12. The van der Waals surface area contributed by atoms with Crippen LogP contribution in [0, 0.1) is 13.8 Å². The van der Waals surface area contributed by atoms with Crippen LogP contribution in [-0.4, -0.2) is 4.98 Å². The predicted molar refractivity (Wildman–Crippen MR) is 38.4 cm³/mol. The summed E-state index contributed by atoms with van der Waals surface area (Å²) in [6.45, 7) is 5.62. The molecule has 0 saturated heterocycles. The van der Waals surface area contributed by atoms with E-state index in [2.05, 4.69) is 11.9 Å². The van der Waals surface area contributed by atoms with Crippen molar-refractivity contribution < 1.29 is 0 Å². The normalized spacial score (nSPS) is 9.67. The highest BCUT2D eigenvalue weighted by atomic mass is 35.5. The summed E-state index contributed by atoms with van der Waals surface area (Å²) in [5.74, 6) is 0. The monoisotopic (exact) mass is 140 g/mol. The highest BCUT2D eigenvalue weighted by Gasteiger charge is 1.92. The zero-order valence-electron chi connectivity index (χ0n) is 5.19. The first kappa shape index (κ1) is 6.56. The van der Waals surface area contributed by atoms with Crippen molar-refractivity contribution in [1.29, 1.82) is 0 Å². The number of aryl methyl sites for hydroxylation is 1. The van der Waals surface area contributed by atoms with Crippen LogP contribution in [0.25, 0.3) is 0 Å². The summed E-state index contributed by atoms with van der Waals surface area (Å²) in [6.07, 6.45) is 1.61. The van der Waals surface area contributed by atoms with Crippen molar-refractivity contribution in [1.82, 2.24) is 4.98 Å². The van der Waals surface area contributed by atoms with Crippen molar-refractivity contribution in [2.45, 2.75) is 6.92 Å². The van der Waals surface area contributed by atoms with Gasteiger partial charge in [0.15, 0.2) is 0 Å². The van der Waals surface area contributed by atoms with Crippen molar-refractivity contribution in [3.8, 4) is 0 Å². The second-order valence-electron chi connectivity index (χ2n) is 1.92. The van der Waals surface area contributed by atoms with Crippen molar-refractivity contribution in [2.75, 3.05) is 0 Å². The molecular formula is C7H7ClN. The third kappa shape index (κ3) is 1.42. The van der Waals surface area contributed by atoms with Crippen molar-refractivity contribution in [2.24, 2.45) is 0 Å². The van der Waals surface area contributed by atoms with E-state index in [9.17, 15) is 0 Å². The van der Waals surface area contributed by atoms with Gasteiger partial charge in [0.2, 0.25) is 0 Å². The van der Waals surface area contributed by atoms with Gasteiger partial charge in [0.1, 0.15) is 0 Å². The van der Waals surface area contributed by atoms with E-state index in [1.807, 2.05) is 13.0 Å². The van der Waals surface area contributed by atoms with Crippen LogP contribution in [0.2, 0.25) is 5.02 Å². The Morgan fingerprint density at radius 3 is 2.78 bits per heavy atom. The van der Waals surface area contributed by atoms with Gasteiger partial charge in [-0.2, -0.15) is 0 Å². The molecule has 0 saturated carbocycles. The molecule has 1 rings (SSSR count). The molecule has 0 fully saturated rings. The van der Waals surface area contributed by atoms with E-state index in [0.29, 0.717) is 5.02 Å². The lowest BCUT2D eigenvalue weighted by atomic mass is 10.2. The maximum atomic E-state index is 5.66. The van der Waals surface area contributed by atoms with Gasteiger partial charge in [-0.1, -0.05) is 11.6 Å². The van der Waals surface area contributed by atoms with Crippen LogP contribution in [0.15, 0.2) is 12.3 Å². The number of halogens is 1. The Morgan fingerprint density at radius 2 is 2.33 bits per heavy atom. The molecule has 9 heavy (non-hydrogen) atoms. The van der Waals surface area contributed by atoms with Crippen LogP contribution >= 0.6 is 11.6 Å². The summed E-state index contributed by atoms with van der Waals surface area (Å²) < 4.78 is 0. The SMILES string of the molecule is [CH2]c1cc(C)ncc1Cl. The summed E-state index contributed by atoms with van der Waals surface area (Å²) in [6, 6.07) is 1.85. The Labute approximate surface area is 59.7 Å². The molecule has 47 valence electrons. The molecule has 0 aliphatic rings. The molecule has 1 nitrogen and oxygen atoms in total. The van der Waals surface area contributed by atoms with E-state index in [-0.39, 0.29) is 0 Å². The van der Waals surface area contributed by atoms with Gasteiger partial charge in [-0.3, -0.25) is 4.98 Å². The number of pyridine rings is 1. The van der Waals surface area contributed by atoms with Crippen LogP contribution in [0.1, 0.15) is 11.3 Å². The maximum Gasteiger partial charge on any atom is 0.0621 e. The summed E-state index contributed by atoms with van der Waals surface area (Å²) >= 11 is 5.66. The van der Waals surface area contributed by atoms with Crippen LogP contribution in [0.3, 0.4) is 0 Å². The molecule has 2 heteroatoms. The lowest BCUT2D eigenvalue weighted by molar-refractivity contribution is 1.19. The maximum absolute atomic E-state index is 5.66.